The SMILES string of the molecule is C[C@H]1CC(NCC[C@H](C)O)C[C@H](C)C1. The van der Waals surface area contributed by atoms with E-state index in [2.05, 4.69) is 19.2 Å². The van der Waals surface area contributed by atoms with Gasteiger partial charge < -0.3 is 10.4 Å². The molecule has 14 heavy (non-hydrogen) atoms. The van der Waals surface area contributed by atoms with Crippen LogP contribution in [0.1, 0.15) is 46.5 Å². The highest BCUT2D eigenvalue weighted by atomic mass is 16.3. The molecule has 2 N–H and O–H groups in total. The monoisotopic (exact) mass is 199 g/mol. The number of hydrogen-bond acceptors (Lipinski definition) is 2. The first-order valence-electron chi connectivity index (χ1n) is 5.99. The molecule has 0 saturated heterocycles. The highest BCUT2D eigenvalue weighted by molar-refractivity contribution is 4.79. The van der Waals surface area contributed by atoms with Gasteiger partial charge in [0.15, 0.2) is 0 Å². The Labute approximate surface area is 88.1 Å². The fourth-order valence-electron chi connectivity index (χ4n) is 2.61. The predicted octanol–water partition coefficient (Wildman–Crippen LogP) is 2.17. The summed E-state index contributed by atoms with van der Waals surface area (Å²) < 4.78 is 0. The molecule has 84 valence electrons. The molecule has 0 spiro atoms. The highest BCUT2D eigenvalue weighted by Crippen LogP contribution is 2.28. The molecule has 2 nitrogen and oxygen atoms in total. The Morgan fingerprint density at radius 2 is 1.79 bits per heavy atom. The van der Waals surface area contributed by atoms with Crippen molar-refractivity contribution in [2.75, 3.05) is 6.54 Å². The summed E-state index contributed by atoms with van der Waals surface area (Å²) in [5, 5.41) is 12.7. The van der Waals surface area contributed by atoms with Crippen molar-refractivity contribution < 1.29 is 5.11 Å². The zero-order valence-corrected chi connectivity index (χ0v) is 9.79. The Kier molecular flexibility index (Phi) is 4.90. The van der Waals surface area contributed by atoms with Gasteiger partial charge in [0.25, 0.3) is 0 Å². The third-order valence-electron chi connectivity index (χ3n) is 3.17. The molecule has 1 aliphatic carbocycles. The molecule has 0 heterocycles. The summed E-state index contributed by atoms with van der Waals surface area (Å²) >= 11 is 0. The van der Waals surface area contributed by atoms with Gasteiger partial charge in [-0.2, -0.15) is 0 Å². The van der Waals surface area contributed by atoms with Crippen LogP contribution in [-0.2, 0) is 0 Å². The lowest BCUT2D eigenvalue weighted by Crippen LogP contribution is -2.37. The van der Waals surface area contributed by atoms with E-state index in [1.807, 2.05) is 6.92 Å². The van der Waals surface area contributed by atoms with Gasteiger partial charge in [-0.1, -0.05) is 13.8 Å². The van der Waals surface area contributed by atoms with Crippen LogP contribution >= 0.6 is 0 Å². The number of nitrogens with one attached hydrogen (secondary N) is 1. The molecule has 0 aliphatic heterocycles. The predicted molar refractivity (Wildman–Crippen MR) is 60.3 cm³/mol. The summed E-state index contributed by atoms with van der Waals surface area (Å²) in [4.78, 5) is 0. The molecule has 1 aliphatic rings. The molecule has 3 atom stereocenters. The lowest BCUT2D eigenvalue weighted by Gasteiger charge is -2.32. The summed E-state index contributed by atoms with van der Waals surface area (Å²) in [6.07, 6.45) is 4.71. The number of aliphatic hydroxyl groups excluding tert-OH is 1. The standard InChI is InChI=1S/C12H25NO/c1-9-6-10(2)8-12(7-9)13-5-4-11(3)14/h9-14H,4-8H2,1-3H3/t9-,10-,11+/m1/s1. The normalized spacial score (nSPS) is 35.6. The fraction of sp³-hybridized carbons (Fsp3) is 1.00. The molecule has 0 bridgehead atoms. The molecule has 0 aromatic carbocycles. The lowest BCUT2D eigenvalue weighted by molar-refractivity contribution is 0.175. The van der Waals surface area contributed by atoms with Gasteiger partial charge in [-0.15, -0.1) is 0 Å². The molecule has 0 amide bonds. The minimum Gasteiger partial charge on any atom is -0.393 e. The van der Waals surface area contributed by atoms with E-state index in [-0.39, 0.29) is 6.10 Å². The zero-order valence-electron chi connectivity index (χ0n) is 9.79. The molecular formula is C12H25NO. The molecule has 1 fully saturated rings. The van der Waals surface area contributed by atoms with Crippen molar-refractivity contribution in [1.82, 2.24) is 5.32 Å². The summed E-state index contributed by atoms with van der Waals surface area (Å²) in [5.41, 5.74) is 0. The van der Waals surface area contributed by atoms with Crippen LogP contribution in [0, 0.1) is 11.8 Å². The maximum atomic E-state index is 9.15. The second-order valence-electron chi connectivity index (χ2n) is 5.21. The molecular weight excluding hydrogens is 174 g/mol. The third kappa shape index (κ3) is 4.43. The van der Waals surface area contributed by atoms with Crippen LogP contribution in [0.15, 0.2) is 0 Å². The Hall–Kier alpha value is -0.0800. The average Bonchev–Trinajstić information content (AvgIpc) is 2.01. The third-order valence-corrected chi connectivity index (χ3v) is 3.17. The maximum Gasteiger partial charge on any atom is 0.0524 e. The van der Waals surface area contributed by atoms with Gasteiger partial charge in [-0.3, -0.25) is 0 Å². The highest BCUT2D eigenvalue weighted by Gasteiger charge is 2.23. The van der Waals surface area contributed by atoms with Gasteiger partial charge in [-0.05, 0) is 51.0 Å². The second kappa shape index (κ2) is 5.72. The molecule has 2 heteroatoms. The van der Waals surface area contributed by atoms with E-state index in [4.69, 9.17) is 5.11 Å². The van der Waals surface area contributed by atoms with Gasteiger partial charge in [0.2, 0.25) is 0 Å². The van der Waals surface area contributed by atoms with E-state index in [1.54, 1.807) is 0 Å². The summed E-state index contributed by atoms with van der Waals surface area (Å²) in [5.74, 6) is 1.73. The maximum absolute atomic E-state index is 9.15. The van der Waals surface area contributed by atoms with Crippen molar-refractivity contribution in [2.45, 2.75) is 58.6 Å². The smallest absolute Gasteiger partial charge is 0.0524 e. The van der Waals surface area contributed by atoms with Crippen molar-refractivity contribution in [2.24, 2.45) is 11.8 Å². The Morgan fingerprint density at radius 1 is 1.21 bits per heavy atom. The molecule has 0 aromatic heterocycles. The summed E-state index contributed by atoms with van der Waals surface area (Å²) in [6, 6.07) is 0.687. The first-order valence-corrected chi connectivity index (χ1v) is 5.99. The van der Waals surface area contributed by atoms with Crippen LogP contribution < -0.4 is 5.32 Å². The van der Waals surface area contributed by atoms with Crippen molar-refractivity contribution in [3.63, 3.8) is 0 Å². The Morgan fingerprint density at radius 3 is 2.29 bits per heavy atom. The van der Waals surface area contributed by atoms with E-state index < -0.39 is 0 Å². The lowest BCUT2D eigenvalue weighted by atomic mass is 9.80. The van der Waals surface area contributed by atoms with Crippen LogP contribution in [0.5, 0.6) is 0 Å². The molecule has 0 aromatic rings. The fourth-order valence-corrected chi connectivity index (χ4v) is 2.61. The number of hydrogen-bond donors (Lipinski definition) is 2. The van der Waals surface area contributed by atoms with E-state index in [0.717, 1.165) is 24.8 Å². The van der Waals surface area contributed by atoms with Gasteiger partial charge in [0, 0.05) is 6.04 Å². The van der Waals surface area contributed by atoms with Gasteiger partial charge >= 0.3 is 0 Å². The van der Waals surface area contributed by atoms with E-state index in [9.17, 15) is 0 Å². The second-order valence-corrected chi connectivity index (χ2v) is 5.21. The van der Waals surface area contributed by atoms with Crippen molar-refractivity contribution >= 4 is 0 Å². The average molecular weight is 199 g/mol. The van der Waals surface area contributed by atoms with Gasteiger partial charge in [-0.25, -0.2) is 0 Å². The first kappa shape index (κ1) is 12.0. The largest absolute Gasteiger partial charge is 0.393 e. The first-order chi connectivity index (χ1) is 6.58. The van der Waals surface area contributed by atoms with E-state index in [1.165, 1.54) is 19.3 Å². The summed E-state index contributed by atoms with van der Waals surface area (Å²) in [7, 11) is 0. The summed E-state index contributed by atoms with van der Waals surface area (Å²) in [6.45, 7) is 7.51. The minimum atomic E-state index is -0.166. The zero-order chi connectivity index (χ0) is 10.6. The van der Waals surface area contributed by atoms with Gasteiger partial charge in [0.1, 0.15) is 0 Å². The topological polar surface area (TPSA) is 32.3 Å². The van der Waals surface area contributed by atoms with Crippen molar-refractivity contribution in [1.29, 1.82) is 0 Å². The molecule has 1 rings (SSSR count). The van der Waals surface area contributed by atoms with Gasteiger partial charge in [0.05, 0.1) is 6.10 Å². The van der Waals surface area contributed by atoms with Crippen LogP contribution in [-0.4, -0.2) is 23.8 Å². The molecule has 1 saturated carbocycles. The van der Waals surface area contributed by atoms with E-state index >= 15 is 0 Å². The van der Waals surface area contributed by atoms with Crippen LogP contribution in [0.25, 0.3) is 0 Å². The van der Waals surface area contributed by atoms with Crippen molar-refractivity contribution in [3.8, 4) is 0 Å². The number of rotatable bonds is 4. The van der Waals surface area contributed by atoms with Crippen molar-refractivity contribution in [3.05, 3.63) is 0 Å². The minimum absolute atomic E-state index is 0.166. The quantitative estimate of drug-likeness (QED) is 0.727. The number of aliphatic hydroxyl groups is 1. The van der Waals surface area contributed by atoms with Crippen LogP contribution in [0.2, 0.25) is 0 Å². The molecule has 0 radical (unpaired) electrons. The van der Waals surface area contributed by atoms with Crippen LogP contribution in [0.3, 0.4) is 0 Å². The Bertz CT molecular complexity index is 148. The van der Waals surface area contributed by atoms with Crippen LogP contribution in [0.4, 0.5) is 0 Å². The van der Waals surface area contributed by atoms with E-state index in [0.29, 0.717) is 6.04 Å². The Balaban J connectivity index is 2.17. The molecule has 0 unspecified atom stereocenters.